The summed E-state index contributed by atoms with van der Waals surface area (Å²) in [6.45, 7) is 0. The van der Waals surface area contributed by atoms with Crippen molar-refractivity contribution >= 4 is 17.4 Å². The van der Waals surface area contributed by atoms with Crippen LogP contribution in [0.4, 0.5) is 5.69 Å². The highest BCUT2D eigenvalue weighted by atomic mass is 16.4. The van der Waals surface area contributed by atoms with Crippen molar-refractivity contribution in [2.45, 2.75) is 32.1 Å². The summed E-state index contributed by atoms with van der Waals surface area (Å²) in [5.74, 6) is -0.232. The summed E-state index contributed by atoms with van der Waals surface area (Å²) in [5.41, 5.74) is 5.47. The third-order valence-electron chi connectivity index (χ3n) is 3.70. The number of amides is 1. The predicted molar refractivity (Wildman–Crippen MR) is 70.8 cm³/mol. The van der Waals surface area contributed by atoms with Gasteiger partial charge in [0.2, 0.25) is 5.91 Å². The molecule has 0 bridgehead atoms. The molecule has 1 aromatic heterocycles. The van der Waals surface area contributed by atoms with Gasteiger partial charge in [0.15, 0.2) is 5.84 Å². The van der Waals surface area contributed by atoms with Gasteiger partial charge in [0, 0.05) is 13.2 Å². The van der Waals surface area contributed by atoms with Gasteiger partial charge in [-0.1, -0.05) is 24.4 Å². The lowest BCUT2D eigenvalue weighted by Gasteiger charge is -2.34. The molecular formula is C12H19N5O2. The van der Waals surface area contributed by atoms with Crippen LogP contribution in [0.3, 0.4) is 0 Å². The van der Waals surface area contributed by atoms with Gasteiger partial charge in [0.05, 0.1) is 11.9 Å². The number of hydrogen-bond acceptors (Lipinski definition) is 4. The fourth-order valence-corrected chi connectivity index (χ4v) is 2.59. The largest absolute Gasteiger partial charge is 0.409 e. The van der Waals surface area contributed by atoms with Crippen LogP contribution in [0.25, 0.3) is 0 Å². The van der Waals surface area contributed by atoms with Crippen molar-refractivity contribution in [2.75, 3.05) is 5.32 Å². The zero-order valence-corrected chi connectivity index (χ0v) is 11.0. The molecule has 0 spiro atoms. The Hall–Kier alpha value is -2.05. The first-order valence-corrected chi connectivity index (χ1v) is 6.36. The summed E-state index contributed by atoms with van der Waals surface area (Å²) in [6, 6.07) is 0. The van der Waals surface area contributed by atoms with Crippen molar-refractivity contribution < 1.29 is 10.0 Å². The highest BCUT2D eigenvalue weighted by Gasteiger charge is 2.44. The Bertz CT molecular complexity index is 488. The Balaban J connectivity index is 2.21. The maximum atomic E-state index is 12.5. The predicted octanol–water partition coefficient (Wildman–Crippen LogP) is 1.06. The van der Waals surface area contributed by atoms with Crippen molar-refractivity contribution in [1.29, 1.82) is 0 Å². The molecule has 1 aliphatic rings. The van der Waals surface area contributed by atoms with Crippen molar-refractivity contribution in [2.24, 2.45) is 23.4 Å². The quantitative estimate of drug-likeness (QED) is 0.329. The summed E-state index contributed by atoms with van der Waals surface area (Å²) in [6.07, 6.45) is 7.36. The molecule has 7 nitrogen and oxygen atoms in total. The van der Waals surface area contributed by atoms with Crippen LogP contribution in [0.1, 0.15) is 32.1 Å². The van der Waals surface area contributed by atoms with Gasteiger partial charge in [0.1, 0.15) is 5.41 Å². The molecule has 19 heavy (non-hydrogen) atoms. The van der Waals surface area contributed by atoms with Crippen LogP contribution in [-0.2, 0) is 11.8 Å². The maximum absolute atomic E-state index is 12.5. The van der Waals surface area contributed by atoms with Gasteiger partial charge >= 0.3 is 0 Å². The number of rotatable bonds is 3. The first-order valence-electron chi connectivity index (χ1n) is 6.36. The fraction of sp³-hybridized carbons (Fsp3) is 0.583. The molecule has 1 amide bonds. The molecule has 0 unspecified atom stereocenters. The Morgan fingerprint density at radius 2 is 2.21 bits per heavy atom. The van der Waals surface area contributed by atoms with E-state index in [0.717, 1.165) is 19.3 Å². The molecular weight excluding hydrogens is 246 g/mol. The van der Waals surface area contributed by atoms with Crippen LogP contribution in [0.15, 0.2) is 17.5 Å². The molecule has 0 aliphatic heterocycles. The van der Waals surface area contributed by atoms with Gasteiger partial charge in [-0.15, -0.1) is 0 Å². The van der Waals surface area contributed by atoms with E-state index in [9.17, 15) is 4.79 Å². The van der Waals surface area contributed by atoms with Crippen molar-refractivity contribution in [3.05, 3.63) is 12.4 Å². The number of aryl methyl sites for hydroxylation is 1. The van der Waals surface area contributed by atoms with Crippen molar-refractivity contribution in [3.63, 3.8) is 0 Å². The standard InChI is InChI=1S/C12H19N5O2/c1-17-8-9(7-14-17)15-11(18)12(10(13)16-19)5-3-2-4-6-12/h7-8,19H,2-6H2,1H3,(H2,13,16)(H,15,18). The molecule has 0 radical (unpaired) electrons. The molecule has 0 atom stereocenters. The van der Waals surface area contributed by atoms with Crippen molar-refractivity contribution in [1.82, 2.24) is 9.78 Å². The number of nitrogens with one attached hydrogen (secondary N) is 1. The second-order valence-electron chi connectivity index (χ2n) is 4.98. The average Bonchev–Trinajstić information content (AvgIpc) is 2.83. The maximum Gasteiger partial charge on any atom is 0.238 e. The first kappa shape index (κ1) is 13.4. The Kier molecular flexibility index (Phi) is 3.73. The Morgan fingerprint density at radius 3 is 2.74 bits per heavy atom. The van der Waals surface area contributed by atoms with Crippen molar-refractivity contribution in [3.8, 4) is 0 Å². The number of nitrogens with two attached hydrogens (primary N) is 1. The number of carbonyl (C=O) groups is 1. The Morgan fingerprint density at radius 1 is 1.53 bits per heavy atom. The molecule has 1 aliphatic carbocycles. The van der Waals surface area contributed by atoms with Gasteiger partial charge in [0.25, 0.3) is 0 Å². The number of hydrogen-bond donors (Lipinski definition) is 3. The van der Waals surface area contributed by atoms with Gasteiger partial charge < -0.3 is 16.3 Å². The second kappa shape index (κ2) is 5.29. The zero-order valence-electron chi connectivity index (χ0n) is 11.0. The third-order valence-corrected chi connectivity index (χ3v) is 3.70. The molecule has 7 heteroatoms. The zero-order chi connectivity index (χ0) is 13.9. The molecule has 0 saturated heterocycles. The van der Waals surface area contributed by atoms with Crippen LogP contribution >= 0.6 is 0 Å². The van der Waals surface area contributed by atoms with E-state index in [2.05, 4.69) is 15.6 Å². The van der Waals surface area contributed by atoms with E-state index in [-0.39, 0.29) is 11.7 Å². The summed E-state index contributed by atoms with van der Waals surface area (Å²) in [7, 11) is 1.77. The second-order valence-corrected chi connectivity index (χ2v) is 4.98. The highest BCUT2D eigenvalue weighted by molar-refractivity contribution is 6.11. The van der Waals surface area contributed by atoms with Crippen LogP contribution < -0.4 is 11.1 Å². The lowest BCUT2D eigenvalue weighted by Crippen LogP contribution is -2.48. The molecule has 104 valence electrons. The summed E-state index contributed by atoms with van der Waals surface area (Å²) in [4.78, 5) is 12.5. The lowest BCUT2D eigenvalue weighted by atomic mass is 9.72. The molecule has 2 rings (SSSR count). The smallest absolute Gasteiger partial charge is 0.238 e. The molecule has 1 saturated carbocycles. The van der Waals surface area contributed by atoms with Crippen LogP contribution in [0.5, 0.6) is 0 Å². The summed E-state index contributed by atoms with van der Waals surface area (Å²) in [5, 5.41) is 18.8. The monoisotopic (exact) mass is 265 g/mol. The van der Waals surface area contributed by atoms with E-state index < -0.39 is 5.41 Å². The van der Waals surface area contributed by atoms with E-state index in [4.69, 9.17) is 10.9 Å². The number of carbonyl (C=O) groups excluding carboxylic acids is 1. The minimum absolute atomic E-state index is 0.00593. The first-order chi connectivity index (χ1) is 9.08. The van der Waals surface area contributed by atoms with E-state index in [1.54, 1.807) is 24.1 Å². The van der Waals surface area contributed by atoms with Gasteiger partial charge in [-0.3, -0.25) is 9.48 Å². The van der Waals surface area contributed by atoms with Crippen LogP contribution in [0.2, 0.25) is 0 Å². The highest BCUT2D eigenvalue weighted by Crippen LogP contribution is 2.37. The molecule has 1 fully saturated rings. The lowest BCUT2D eigenvalue weighted by molar-refractivity contribution is -0.123. The number of anilines is 1. The van der Waals surface area contributed by atoms with E-state index in [0.29, 0.717) is 18.5 Å². The number of nitrogens with zero attached hydrogens (tertiary/aromatic N) is 3. The van der Waals surface area contributed by atoms with Gasteiger partial charge in [-0.25, -0.2) is 0 Å². The average molecular weight is 265 g/mol. The number of aromatic nitrogens is 2. The SMILES string of the molecule is Cn1cc(NC(=O)C2(C(N)=NO)CCCCC2)cn1. The molecule has 1 aromatic rings. The minimum Gasteiger partial charge on any atom is -0.409 e. The summed E-state index contributed by atoms with van der Waals surface area (Å²) < 4.78 is 1.60. The Labute approximate surface area is 111 Å². The van der Waals surface area contributed by atoms with E-state index in [1.807, 2.05) is 0 Å². The summed E-state index contributed by atoms with van der Waals surface area (Å²) >= 11 is 0. The van der Waals surface area contributed by atoms with E-state index >= 15 is 0 Å². The van der Waals surface area contributed by atoms with Gasteiger partial charge in [-0.2, -0.15) is 5.10 Å². The molecule has 1 heterocycles. The normalized spacial score (nSPS) is 19.1. The number of amidine groups is 1. The third kappa shape index (κ3) is 2.54. The minimum atomic E-state index is -0.900. The molecule has 0 aromatic carbocycles. The van der Waals surface area contributed by atoms with Crippen LogP contribution in [-0.4, -0.2) is 26.7 Å². The molecule has 4 N–H and O–H groups in total. The fourth-order valence-electron chi connectivity index (χ4n) is 2.59. The topological polar surface area (TPSA) is 106 Å². The van der Waals surface area contributed by atoms with E-state index in [1.165, 1.54) is 0 Å². The van der Waals surface area contributed by atoms with Gasteiger partial charge in [-0.05, 0) is 12.8 Å². The number of oxime groups is 1. The van der Waals surface area contributed by atoms with Crippen LogP contribution in [0, 0.1) is 5.41 Å².